The molecule has 5 nitrogen and oxygen atoms in total. The maximum Gasteiger partial charge on any atom is 0.320 e. The predicted octanol–water partition coefficient (Wildman–Crippen LogP) is 1.99. The molecule has 0 aliphatic rings. The Morgan fingerprint density at radius 2 is 2.11 bits per heavy atom. The van der Waals surface area contributed by atoms with Crippen molar-refractivity contribution in [3.05, 3.63) is 23.8 Å². The quantitative estimate of drug-likeness (QED) is 0.704. The van der Waals surface area contributed by atoms with E-state index in [1.807, 2.05) is 13.8 Å². The summed E-state index contributed by atoms with van der Waals surface area (Å²) in [6.07, 6.45) is 0.574. The van der Waals surface area contributed by atoms with Crippen molar-refractivity contribution in [2.24, 2.45) is 5.92 Å². The zero-order valence-corrected chi connectivity index (χ0v) is 11.5. The van der Waals surface area contributed by atoms with Crippen LogP contribution in [0.2, 0.25) is 0 Å². The first-order chi connectivity index (χ1) is 8.93. The average molecular weight is 267 g/mol. The minimum atomic E-state index is -0.848. The third-order valence-corrected chi connectivity index (χ3v) is 2.80. The van der Waals surface area contributed by atoms with Crippen LogP contribution in [0.1, 0.15) is 25.8 Å². The van der Waals surface area contributed by atoms with Gasteiger partial charge in [0.1, 0.15) is 6.04 Å². The molecule has 1 aromatic carbocycles. The second-order valence-corrected chi connectivity index (χ2v) is 4.91. The minimum absolute atomic E-state index is 0.0724. The van der Waals surface area contributed by atoms with Crippen molar-refractivity contribution in [3.63, 3.8) is 0 Å². The standard InChI is InChI=1S/C14H21NO4/c1-9(2)6-11(14(17)18)15-8-10-4-5-12(16)13(7-10)19-3/h4-5,7,9,11,15-16H,6,8H2,1-3H3,(H,17,18). The van der Waals surface area contributed by atoms with Crippen molar-refractivity contribution in [1.29, 1.82) is 0 Å². The van der Waals surface area contributed by atoms with Crippen molar-refractivity contribution in [2.45, 2.75) is 32.9 Å². The summed E-state index contributed by atoms with van der Waals surface area (Å²) in [5.41, 5.74) is 0.865. The molecule has 5 heteroatoms. The van der Waals surface area contributed by atoms with Gasteiger partial charge in [-0.15, -0.1) is 0 Å². The van der Waals surface area contributed by atoms with Gasteiger partial charge in [0.25, 0.3) is 0 Å². The first-order valence-electron chi connectivity index (χ1n) is 6.26. The van der Waals surface area contributed by atoms with Gasteiger partial charge in [-0.3, -0.25) is 4.79 Å². The van der Waals surface area contributed by atoms with E-state index in [1.54, 1.807) is 12.1 Å². The van der Waals surface area contributed by atoms with Crippen LogP contribution in [-0.4, -0.2) is 29.3 Å². The number of rotatable bonds is 7. The van der Waals surface area contributed by atoms with Gasteiger partial charge in [-0.05, 0) is 30.0 Å². The molecule has 0 spiro atoms. The van der Waals surface area contributed by atoms with E-state index < -0.39 is 12.0 Å². The fraction of sp³-hybridized carbons (Fsp3) is 0.500. The SMILES string of the molecule is COc1cc(CNC(CC(C)C)C(=O)O)ccc1O. The molecule has 0 aliphatic carbocycles. The third-order valence-electron chi connectivity index (χ3n) is 2.80. The molecule has 3 N–H and O–H groups in total. The number of carboxylic acid groups (broad SMARTS) is 1. The summed E-state index contributed by atoms with van der Waals surface area (Å²) in [6.45, 7) is 4.39. The van der Waals surface area contributed by atoms with Crippen molar-refractivity contribution in [3.8, 4) is 11.5 Å². The van der Waals surface area contributed by atoms with Crippen LogP contribution < -0.4 is 10.1 Å². The summed E-state index contributed by atoms with van der Waals surface area (Å²) in [4.78, 5) is 11.1. The van der Waals surface area contributed by atoms with Gasteiger partial charge in [0.2, 0.25) is 0 Å². The molecule has 0 amide bonds. The smallest absolute Gasteiger partial charge is 0.320 e. The van der Waals surface area contributed by atoms with Gasteiger partial charge in [-0.1, -0.05) is 19.9 Å². The van der Waals surface area contributed by atoms with Gasteiger partial charge in [-0.25, -0.2) is 0 Å². The lowest BCUT2D eigenvalue weighted by molar-refractivity contribution is -0.140. The van der Waals surface area contributed by atoms with Gasteiger partial charge in [0, 0.05) is 6.54 Å². The van der Waals surface area contributed by atoms with Gasteiger partial charge >= 0.3 is 5.97 Å². The minimum Gasteiger partial charge on any atom is -0.504 e. The summed E-state index contributed by atoms with van der Waals surface area (Å²) in [7, 11) is 1.48. The van der Waals surface area contributed by atoms with Gasteiger partial charge in [0.05, 0.1) is 7.11 Å². The highest BCUT2D eigenvalue weighted by molar-refractivity contribution is 5.73. The summed E-state index contributed by atoms with van der Waals surface area (Å²) >= 11 is 0. The van der Waals surface area contributed by atoms with Gasteiger partial charge in [0.15, 0.2) is 11.5 Å². The van der Waals surface area contributed by atoms with E-state index in [1.165, 1.54) is 13.2 Å². The normalized spacial score (nSPS) is 12.4. The number of hydrogen-bond acceptors (Lipinski definition) is 4. The number of hydrogen-bond donors (Lipinski definition) is 3. The Morgan fingerprint density at radius 1 is 1.42 bits per heavy atom. The first kappa shape index (κ1) is 15.3. The predicted molar refractivity (Wildman–Crippen MR) is 72.4 cm³/mol. The van der Waals surface area contributed by atoms with Crippen LogP contribution in [0.5, 0.6) is 11.5 Å². The lowest BCUT2D eigenvalue weighted by atomic mass is 10.0. The molecule has 0 fully saturated rings. The molecule has 19 heavy (non-hydrogen) atoms. The van der Waals surface area contributed by atoms with E-state index >= 15 is 0 Å². The molecule has 0 radical (unpaired) electrons. The molecule has 1 aromatic rings. The average Bonchev–Trinajstić information content (AvgIpc) is 2.35. The molecule has 1 rings (SSSR count). The van der Waals surface area contributed by atoms with E-state index in [0.717, 1.165) is 5.56 Å². The lowest BCUT2D eigenvalue weighted by Crippen LogP contribution is -2.37. The molecule has 0 heterocycles. The van der Waals surface area contributed by atoms with Crippen LogP contribution in [0, 0.1) is 5.92 Å². The van der Waals surface area contributed by atoms with Crippen LogP contribution >= 0.6 is 0 Å². The summed E-state index contributed by atoms with van der Waals surface area (Å²) < 4.78 is 5.01. The Kier molecular flexibility index (Phi) is 5.63. The fourth-order valence-electron chi connectivity index (χ4n) is 1.82. The van der Waals surface area contributed by atoms with E-state index in [4.69, 9.17) is 9.84 Å². The van der Waals surface area contributed by atoms with Gasteiger partial charge in [-0.2, -0.15) is 0 Å². The monoisotopic (exact) mass is 267 g/mol. The number of carbonyl (C=O) groups is 1. The Labute approximate surface area is 113 Å². The van der Waals surface area contributed by atoms with Crippen molar-refractivity contribution >= 4 is 5.97 Å². The molecule has 1 atom stereocenters. The number of nitrogens with one attached hydrogen (secondary N) is 1. The summed E-state index contributed by atoms with van der Waals surface area (Å²) in [5.74, 6) is -0.0827. The largest absolute Gasteiger partial charge is 0.504 e. The van der Waals surface area contributed by atoms with Gasteiger partial charge < -0.3 is 20.3 Å². The summed E-state index contributed by atoms with van der Waals surface area (Å²) in [5, 5.41) is 21.6. The third kappa shape index (κ3) is 4.79. The van der Waals surface area contributed by atoms with E-state index in [9.17, 15) is 9.90 Å². The van der Waals surface area contributed by atoms with Crippen LogP contribution in [0.15, 0.2) is 18.2 Å². The lowest BCUT2D eigenvalue weighted by Gasteiger charge is -2.16. The topological polar surface area (TPSA) is 78.8 Å². The van der Waals surface area contributed by atoms with E-state index in [0.29, 0.717) is 24.6 Å². The number of phenols is 1. The van der Waals surface area contributed by atoms with Crippen LogP contribution in [0.25, 0.3) is 0 Å². The number of carboxylic acids is 1. The number of aromatic hydroxyl groups is 1. The maximum absolute atomic E-state index is 11.1. The Balaban J connectivity index is 2.66. The number of methoxy groups -OCH3 is 1. The number of ether oxygens (including phenoxy) is 1. The van der Waals surface area contributed by atoms with E-state index in [-0.39, 0.29) is 5.75 Å². The highest BCUT2D eigenvalue weighted by Gasteiger charge is 2.18. The van der Waals surface area contributed by atoms with E-state index in [2.05, 4.69) is 5.32 Å². The Hall–Kier alpha value is -1.75. The molecule has 0 saturated heterocycles. The zero-order chi connectivity index (χ0) is 14.4. The summed E-state index contributed by atoms with van der Waals surface area (Å²) in [6, 6.07) is 4.39. The fourth-order valence-corrected chi connectivity index (χ4v) is 1.82. The molecule has 0 aliphatic heterocycles. The van der Waals surface area contributed by atoms with Crippen molar-refractivity contribution in [2.75, 3.05) is 7.11 Å². The Morgan fingerprint density at radius 3 is 2.63 bits per heavy atom. The van der Waals surface area contributed by atoms with Crippen LogP contribution in [0.3, 0.4) is 0 Å². The Bertz CT molecular complexity index is 431. The maximum atomic E-state index is 11.1. The molecular formula is C14H21NO4. The van der Waals surface area contributed by atoms with Crippen LogP contribution in [-0.2, 0) is 11.3 Å². The van der Waals surface area contributed by atoms with Crippen molar-refractivity contribution < 1.29 is 19.7 Å². The van der Waals surface area contributed by atoms with Crippen LogP contribution in [0.4, 0.5) is 0 Å². The number of benzene rings is 1. The first-order valence-corrected chi connectivity index (χ1v) is 6.26. The molecular weight excluding hydrogens is 246 g/mol. The molecule has 0 saturated carbocycles. The molecule has 0 aromatic heterocycles. The van der Waals surface area contributed by atoms with Crippen molar-refractivity contribution in [1.82, 2.24) is 5.32 Å². The highest BCUT2D eigenvalue weighted by atomic mass is 16.5. The molecule has 106 valence electrons. The second kappa shape index (κ2) is 6.99. The number of aliphatic carboxylic acids is 1. The highest BCUT2D eigenvalue weighted by Crippen LogP contribution is 2.26. The molecule has 1 unspecified atom stereocenters. The second-order valence-electron chi connectivity index (χ2n) is 4.91. The zero-order valence-electron chi connectivity index (χ0n) is 11.5. The molecule has 0 bridgehead atoms. The number of phenolic OH excluding ortho intramolecular Hbond substituents is 1.